The van der Waals surface area contributed by atoms with Crippen molar-refractivity contribution in [1.29, 1.82) is 0 Å². The van der Waals surface area contributed by atoms with E-state index in [-0.39, 0.29) is 17.3 Å². The van der Waals surface area contributed by atoms with E-state index >= 15 is 0 Å². The van der Waals surface area contributed by atoms with Crippen molar-refractivity contribution in [2.24, 2.45) is 0 Å². The van der Waals surface area contributed by atoms with Crippen molar-refractivity contribution < 1.29 is 17.9 Å². The lowest BCUT2D eigenvalue weighted by Crippen LogP contribution is -2.50. The lowest BCUT2D eigenvalue weighted by atomic mass is 9.95. The molecule has 6 nitrogen and oxygen atoms in total. The van der Waals surface area contributed by atoms with Gasteiger partial charge in [-0.2, -0.15) is 4.31 Å². The Morgan fingerprint density at radius 3 is 2.23 bits per heavy atom. The van der Waals surface area contributed by atoms with E-state index in [0.29, 0.717) is 17.9 Å². The number of methoxy groups -OCH3 is 1. The third kappa shape index (κ3) is 3.94. The molecule has 7 heteroatoms. The summed E-state index contributed by atoms with van der Waals surface area (Å²) in [5.74, 6) is 0.307. The molecule has 1 N–H and O–H groups in total. The molecule has 154 valence electrons. The molecule has 0 saturated carbocycles. The van der Waals surface area contributed by atoms with Gasteiger partial charge in [-0.1, -0.05) is 42.5 Å². The van der Waals surface area contributed by atoms with Gasteiger partial charge in [0.1, 0.15) is 11.8 Å². The maximum atomic E-state index is 13.4. The van der Waals surface area contributed by atoms with E-state index in [1.54, 1.807) is 61.7 Å². The normalized spacial score (nSPS) is 16.5. The Bertz CT molecular complexity index is 1150. The molecule has 1 amide bonds. The first-order chi connectivity index (χ1) is 14.5. The van der Waals surface area contributed by atoms with Crippen LogP contribution in [-0.2, 0) is 27.8 Å². The lowest BCUT2D eigenvalue weighted by molar-refractivity contribution is -0.120. The van der Waals surface area contributed by atoms with Gasteiger partial charge in [0, 0.05) is 12.2 Å². The lowest BCUT2D eigenvalue weighted by Gasteiger charge is -2.35. The fourth-order valence-electron chi connectivity index (χ4n) is 3.60. The third-order valence-corrected chi connectivity index (χ3v) is 7.08. The van der Waals surface area contributed by atoms with Gasteiger partial charge >= 0.3 is 0 Å². The summed E-state index contributed by atoms with van der Waals surface area (Å²) >= 11 is 0. The minimum absolute atomic E-state index is 0.147. The van der Waals surface area contributed by atoms with E-state index in [9.17, 15) is 13.2 Å². The average molecular weight is 423 g/mol. The first-order valence-corrected chi connectivity index (χ1v) is 11.0. The molecule has 0 saturated heterocycles. The SMILES string of the molecule is COc1ccc(NC(=O)[C@H]2Cc3ccccc3CN2S(=O)(=O)c2ccccc2)cc1. The van der Waals surface area contributed by atoms with Crippen LogP contribution < -0.4 is 10.1 Å². The zero-order chi connectivity index (χ0) is 21.1. The second kappa shape index (κ2) is 8.30. The third-order valence-electron chi connectivity index (χ3n) is 5.22. The van der Waals surface area contributed by atoms with Crippen LogP contribution in [0.1, 0.15) is 11.1 Å². The Kier molecular flexibility index (Phi) is 5.57. The number of rotatable bonds is 5. The van der Waals surface area contributed by atoms with Gasteiger partial charge in [0.25, 0.3) is 0 Å². The second-order valence-corrected chi connectivity index (χ2v) is 8.96. The molecule has 1 aliphatic heterocycles. The second-order valence-electron chi connectivity index (χ2n) is 7.07. The standard InChI is InChI=1S/C23H22N2O4S/c1-29-20-13-11-19(12-14-20)24-23(26)22-15-17-7-5-6-8-18(17)16-25(22)30(27,28)21-9-3-2-4-10-21/h2-14,22H,15-16H2,1H3,(H,24,26)/t22-/m1/s1. The summed E-state index contributed by atoms with van der Waals surface area (Å²) < 4.78 is 33.2. The van der Waals surface area contributed by atoms with Crippen molar-refractivity contribution in [3.63, 3.8) is 0 Å². The van der Waals surface area contributed by atoms with Crippen molar-refractivity contribution in [3.05, 3.63) is 90.0 Å². The number of nitrogens with zero attached hydrogens (tertiary/aromatic N) is 1. The number of carbonyl (C=O) groups excluding carboxylic acids is 1. The van der Waals surface area contributed by atoms with Crippen molar-refractivity contribution in [2.45, 2.75) is 23.9 Å². The monoisotopic (exact) mass is 422 g/mol. The summed E-state index contributed by atoms with van der Waals surface area (Å²) in [4.78, 5) is 13.3. The summed E-state index contributed by atoms with van der Waals surface area (Å²) in [7, 11) is -2.28. The smallest absolute Gasteiger partial charge is 0.244 e. The van der Waals surface area contributed by atoms with Crippen LogP contribution >= 0.6 is 0 Å². The number of hydrogen-bond acceptors (Lipinski definition) is 4. The molecule has 4 rings (SSSR count). The number of anilines is 1. The fraction of sp³-hybridized carbons (Fsp3) is 0.174. The molecule has 3 aromatic rings. The van der Waals surface area contributed by atoms with Crippen molar-refractivity contribution in [3.8, 4) is 5.75 Å². The molecular formula is C23H22N2O4S. The number of amides is 1. The van der Waals surface area contributed by atoms with Gasteiger partial charge in [0.2, 0.25) is 15.9 Å². The molecule has 3 aromatic carbocycles. The number of benzene rings is 3. The molecule has 0 fully saturated rings. The number of fused-ring (bicyclic) bond motifs is 1. The van der Waals surface area contributed by atoms with Crippen LogP contribution in [-0.4, -0.2) is 31.8 Å². The molecule has 1 heterocycles. The molecule has 30 heavy (non-hydrogen) atoms. The highest BCUT2D eigenvalue weighted by molar-refractivity contribution is 7.89. The van der Waals surface area contributed by atoms with E-state index < -0.39 is 16.1 Å². The highest BCUT2D eigenvalue weighted by Crippen LogP contribution is 2.30. The predicted octanol–water partition coefficient (Wildman–Crippen LogP) is 3.45. The van der Waals surface area contributed by atoms with Gasteiger partial charge in [0.15, 0.2) is 0 Å². The van der Waals surface area contributed by atoms with Gasteiger partial charge in [-0.3, -0.25) is 4.79 Å². The van der Waals surface area contributed by atoms with Crippen molar-refractivity contribution >= 4 is 21.6 Å². The molecule has 0 spiro atoms. The Morgan fingerprint density at radius 1 is 0.933 bits per heavy atom. The Morgan fingerprint density at radius 2 is 1.57 bits per heavy atom. The zero-order valence-electron chi connectivity index (χ0n) is 16.5. The first kappa shape index (κ1) is 20.1. The molecular weight excluding hydrogens is 400 g/mol. The topological polar surface area (TPSA) is 75.7 Å². The van der Waals surface area contributed by atoms with Crippen molar-refractivity contribution in [1.82, 2.24) is 4.31 Å². The summed E-state index contributed by atoms with van der Waals surface area (Å²) in [5.41, 5.74) is 2.47. The molecule has 0 unspecified atom stereocenters. The maximum absolute atomic E-state index is 13.4. The van der Waals surface area contributed by atoms with E-state index in [4.69, 9.17) is 4.74 Å². The van der Waals surface area contributed by atoms with E-state index in [1.807, 2.05) is 24.3 Å². The van der Waals surface area contributed by atoms with Crippen LogP contribution in [0.2, 0.25) is 0 Å². The molecule has 0 aliphatic carbocycles. The number of hydrogen-bond donors (Lipinski definition) is 1. The molecule has 1 atom stereocenters. The van der Waals surface area contributed by atoms with E-state index in [2.05, 4.69) is 5.32 Å². The molecule has 1 aliphatic rings. The minimum Gasteiger partial charge on any atom is -0.497 e. The Hall–Kier alpha value is -3.16. The van der Waals surface area contributed by atoms with Crippen LogP contribution in [0.15, 0.2) is 83.8 Å². The van der Waals surface area contributed by atoms with Crippen LogP contribution in [0.3, 0.4) is 0 Å². The average Bonchev–Trinajstić information content (AvgIpc) is 2.79. The molecule has 0 bridgehead atoms. The largest absolute Gasteiger partial charge is 0.497 e. The quantitative estimate of drug-likeness (QED) is 0.683. The summed E-state index contributed by atoms with van der Waals surface area (Å²) in [5, 5.41) is 2.85. The van der Waals surface area contributed by atoms with Crippen LogP contribution in [0.5, 0.6) is 5.75 Å². The summed E-state index contributed by atoms with van der Waals surface area (Å²) in [6, 6.07) is 21.9. The number of ether oxygens (including phenoxy) is 1. The van der Waals surface area contributed by atoms with E-state index in [1.165, 1.54) is 4.31 Å². The Labute approximate surface area is 176 Å². The van der Waals surface area contributed by atoms with Crippen LogP contribution in [0, 0.1) is 0 Å². The Balaban J connectivity index is 1.68. The van der Waals surface area contributed by atoms with E-state index in [0.717, 1.165) is 11.1 Å². The zero-order valence-corrected chi connectivity index (χ0v) is 17.3. The number of sulfonamides is 1. The summed E-state index contributed by atoms with van der Waals surface area (Å²) in [6.45, 7) is 0.147. The number of nitrogens with one attached hydrogen (secondary N) is 1. The number of carbonyl (C=O) groups is 1. The highest BCUT2D eigenvalue weighted by Gasteiger charge is 2.39. The highest BCUT2D eigenvalue weighted by atomic mass is 32.2. The maximum Gasteiger partial charge on any atom is 0.244 e. The molecule has 0 aromatic heterocycles. The van der Waals surface area contributed by atoms with Crippen LogP contribution in [0.25, 0.3) is 0 Å². The van der Waals surface area contributed by atoms with Gasteiger partial charge in [-0.25, -0.2) is 8.42 Å². The van der Waals surface area contributed by atoms with Gasteiger partial charge in [-0.15, -0.1) is 0 Å². The van der Waals surface area contributed by atoms with Crippen LogP contribution in [0.4, 0.5) is 5.69 Å². The van der Waals surface area contributed by atoms with Gasteiger partial charge in [-0.05, 0) is 53.9 Å². The predicted molar refractivity (Wildman–Crippen MR) is 115 cm³/mol. The van der Waals surface area contributed by atoms with Gasteiger partial charge < -0.3 is 10.1 Å². The minimum atomic E-state index is -3.85. The van der Waals surface area contributed by atoms with Gasteiger partial charge in [0.05, 0.1) is 12.0 Å². The fourth-order valence-corrected chi connectivity index (χ4v) is 5.19. The summed E-state index contributed by atoms with van der Waals surface area (Å²) in [6.07, 6.45) is 0.310. The molecule has 0 radical (unpaired) electrons. The van der Waals surface area contributed by atoms with Crippen molar-refractivity contribution in [2.75, 3.05) is 12.4 Å². The first-order valence-electron chi connectivity index (χ1n) is 9.57.